The molecule has 9 nitrogen and oxygen atoms in total. The molecule has 0 aromatic heterocycles. The summed E-state index contributed by atoms with van der Waals surface area (Å²) in [5.74, 6) is -0.820. The van der Waals surface area contributed by atoms with Crippen LogP contribution in [0.1, 0.15) is 406 Å². The van der Waals surface area contributed by atoms with Gasteiger partial charge in [-0.05, 0) is 77.0 Å². The maximum Gasteiger partial charge on any atom is 0.306 e. The first kappa shape index (κ1) is 95.9. The van der Waals surface area contributed by atoms with E-state index in [-0.39, 0.29) is 32.0 Å². The van der Waals surface area contributed by atoms with Gasteiger partial charge in [-0.2, -0.15) is 0 Å². The number of nitrogens with zero attached hydrogens (tertiary/aromatic N) is 1. The molecule has 0 heterocycles. The first-order chi connectivity index (χ1) is 48.5. The lowest BCUT2D eigenvalue weighted by Gasteiger charge is -2.28. The summed E-state index contributed by atoms with van der Waals surface area (Å²) in [6, 6.07) is 0. The number of hydrogen-bond donors (Lipinski definition) is 0. The van der Waals surface area contributed by atoms with E-state index in [1.807, 2.05) is 21.1 Å². The van der Waals surface area contributed by atoms with Gasteiger partial charge in [0.05, 0.1) is 27.7 Å². The highest BCUT2D eigenvalue weighted by molar-refractivity contribution is 7.45. The summed E-state index contributed by atoms with van der Waals surface area (Å²) in [5.41, 5.74) is 0. The second kappa shape index (κ2) is 79.1. The molecule has 0 bridgehead atoms. The zero-order valence-electron chi connectivity index (χ0n) is 65.9. The van der Waals surface area contributed by atoms with Crippen LogP contribution in [0.2, 0.25) is 0 Å². The van der Waals surface area contributed by atoms with E-state index in [0.29, 0.717) is 17.4 Å². The normalized spacial score (nSPS) is 13.5. The molecule has 0 aliphatic heterocycles. The number of hydrogen-bond acceptors (Lipinski definition) is 8. The number of carbonyl (C=O) groups excluding carboxylic acids is 2. The van der Waals surface area contributed by atoms with Gasteiger partial charge in [0.15, 0.2) is 6.10 Å². The Morgan fingerprint density at radius 3 is 0.859 bits per heavy atom. The maximum atomic E-state index is 12.9. The number of rotatable bonds is 79. The van der Waals surface area contributed by atoms with Crippen molar-refractivity contribution in [3.63, 3.8) is 0 Å². The van der Waals surface area contributed by atoms with E-state index >= 15 is 0 Å². The fourth-order valence-electron chi connectivity index (χ4n) is 12.4. The first-order valence-electron chi connectivity index (χ1n) is 42.4. The van der Waals surface area contributed by atoms with Gasteiger partial charge in [0.2, 0.25) is 0 Å². The molecular weight excluding hydrogens is 1240 g/mol. The number of phosphoric ester groups is 1. The Balaban J connectivity index is 3.93. The van der Waals surface area contributed by atoms with Crippen molar-refractivity contribution in [1.29, 1.82) is 0 Å². The Hall–Kier alpha value is -3.07. The number of ether oxygens (including phenoxy) is 2. The Morgan fingerprint density at radius 1 is 0.323 bits per heavy atom. The summed E-state index contributed by atoms with van der Waals surface area (Å²) in [5, 5.41) is 0. The predicted molar refractivity (Wildman–Crippen MR) is 429 cm³/mol. The highest BCUT2D eigenvalue weighted by atomic mass is 31.2. The molecule has 0 saturated carbocycles. The van der Waals surface area contributed by atoms with Crippen molar-refractivity contribution >= 4 is 19.8 Å². The monoisotopic (exact) mass is 1400 g/mol. The van der Waals surface area contributed by atoms with Crippen molar-refractivity contribution in [2.24, 2.45) is 0 Å². The molecule has 0 aromatic carbocycles. The predicted octanol–water partition coefficient (Wildman–Crippen LogP) is 27.9. The summed E-state index contributed by atoms with van der Waals surface area (Å²) in [6.45, 7) is 4.18. The third kappa shape index (κ3) is 83.8. The lowest BCUT2D eigenvalue weighted by molar-refractivity contribution is -0.870. The van der Waals surface area contributed by atoms with E-state index in [1.54, 1.807) is 0 Å². The van der Waals surface area contributed by atoms with Crippen LogP contribution >= 0.6 is 7.82 Å². The van der Waals surface area contributed by atoms with Crippen LogP contribution in [0.25, 0.3) is 0 Å². The topological polar surface area (TPSA) is 111 Å². The molecule has 10 heteroatoms. The van der Waals surface area contributed by atoms with Crippen molar-refractivity contribution in [2.45, 2.75) is 412 Å². The van der Waals surface area contributed by atoms with Crippen LogP contribution in [-0.4, -0.2) is 70.0 Å². The molecule has 0 aliphatic rings. The van der Waals surface area contributed by atoms with E-state index in [2.05, 4.69) is 111 Å². The van der Waals surface area contributed by atoms with E-state index in [1.165, 1.54) is 283 Å². The van der Waals surface area contributed by atoms with Crippen LogP contribution in [0.3, 0.4) is 0 Å². The Morgan fingerprint density at radius 2 is 0.576 bits per heavy atom. The fourth-order valence-corrected chi connectivity index (χ4v) is 13.2. The zero-order valence-corrected chi connectivity index (χ0v) is 66.8. The Kier molecular flexibility index (Phi) is 76.6. The van der Waals surface area contributed by atoms with Crippen LogP contribution in [-0.2, 0) is 32.7 Å². The largest absolute Gasteiger partial charge is 0.756 e. The third-order valence-corrected chi connectivity index (χ3v) is 19.8. The average molecular weight is 1410 g/mol. The number of likely N-dealkylation sites (N-methyl/N-ethyl adjacent to an activating group) is 1. The molecule has 576 valence electrons. The van der Waals surface area contributed by atoms with E-state index in [9.17, 15) is 19.0 Å². The summed E-state index contributed by atoms with van der Waals surface area (Å²) in [6.07, 6.45) is 111. The molecule has 0 rings (SSSR count). The lowest BCUT2D eigenvalue weighted by Crippen LogP contribution is -2.37. The molecule has 0 aromatic rings. The Bertz CT molecular complexity index is 2000. The van der Waals surface area contributed by atoms with E-state index in [4.69, 9.17) is 18.5 Å². The van der Waals surface area contributed by atoms with Gasteiger partial charge in [0.1, 0.15) is 19.8 Å². The SMILES string of the molecule is CC/C=C\C/C=C\C/C=C\C/C=C\C/C=C\C/C=C\C/C=C\C/C=C\CCCCCCCCCCCCCCC(=O)OC(COC(=O)CCCCCCCCCCCCCCCCCCCCCCCCCCCCCCCCCCCCCCCC)COP(=O)([O-])OCC[N+](C)(C)C. The summed E-state index contributed by atoms with van der Waals surface area (Å²) < 4.78 is 34.5. The van der Waals surface area contributed by atoms with Gasteiger partial charge < -0.3 is 27.9 Å². The number of allylic oxidation sites excluding steroid dienone is 16. The molecule has 0 spiro atoms. The smallest absolute Gasteiger partial charge is 0.306 e. The van der Waals surface area contributed by atoms with Gasteiger partial charge in [0.25, 0.3) is 7.82 Å². The van der Waals surface area contributed by atoms with Crippen molar-refractivity contribution in [2.75, 3.05) is 47.5 Å². The molecule has 2 atom stereocenters. The van der Waals surface area contributed by atoms with Crippen LogP contribution in [0.4, 0.5) is 0 Å². The van der Waals surface area contributed by atoms with Crippen LogP contribution < -0.4 is 4.89 Å². The molecule has 0 aliphatic carbocycles. The highest BCUT2D eigenvalue weighted by Crippen LogP contribution is 2.38. The second-order valence-electron chi connectivity index (χ2n) is 29.8. The minimum atomic E-state index is -4.65. The lowest BCUT2D eigenvalue weighted by atomic mass is 10.0. The molecule has 99 heavy (non-hydrogen) atoms. The van der Waals surface area contributed by atoms with E-state index < -0.39 is 26.5 Å². The zero-order chi connectivity index (χ0) is 71.8. The van der Waals surface area contributed by atoms with Gasteiger partial charge in [-0.3, -0.25) is 14.2 Å². The van der Waals surface area contributed by atoms with Crippen molar-refractivity contribution in [3.8, 4) is 0 Å². The molecular formula is C89H162NO8P. The van der Waals surface area contributed by atoms with Gasteiger partial charge in [-0.1, -0.05) is 413 Å². The number of esters is 2. The average Bonchev–Trinajstić information content (AvgIpc) is 0.999. The fraction of sp³-hybridized carbons (Fsp3) is 0.798. The van der Waals surface area contributed by atoms with Gasteiger partial charge in [-0.25, -0.2) is 0 Å². The molecule has 0 radical (unpaired) electrons. The molecule has 0 fully saturated rings. The van der Waals surface area contributed by atoms with Crippen molar-refractivity contribution in [1.82, 2.24) is 0 Å². The minimum absolute atomic E-state index is 0.0324. The van der Waals surface area contributed by atoms with Gasteiger partial charge in [0, 0.05) is 12.8 Å². The quantitative estimate of drug-likeness (QED) is 0.0195. The van der Waals surface area contributed by atoms with Crippen LogP contribution in [0, 0.1) is 0 Å². The second-order valence-corrected chi connectivity index (χ2v) is 31.2. The number of unbranched alkanes of at least 4 members (excludes halogenated alkanes) is 49. The number of quaternary nitrogens is 1. The third-order valence-electron chi connectivity index (χ3n) is 18.9. The van der Waals surface area contributed by atoms with E-state index in [0.717, 1.165) is 89.9 Å². The number of carbonyl (C=O) groups is 2. The van der Waals surface area contributed by atoms with Crippen molar-refractivity contribution < 1.29 is 42.1 Å². The minimum Gasteiger partial charge on any atom is -0.756 e. The van der Waals surface area contributed by atoms with Crippen LogP contribution in [0.15, 0.2) is 97.2 Å². The standard InChI is InChI=1S/C89H162NO8P/c1-6-8-10-12-14-16-18-20-22-24-26-28-30-32-34-36-38-40-42-44-46-47-49-51-53-55-57-59-61-63-65-67-69-71-73-75-77-79-81-88(91)95-85-87(86-97-99(93,94)96-84-83-90(3,4)5)98-89(92)82-80-78-76-74-72-70-68-66-64-62-60-58-56-54-52-50-48-45-43-41-39-37-35-33-31-29-27-25-23-21-19-17-15-13-11-9-7-2/h9,11,15,17,21,23,27,29,33,35,39,41,45,48,52,54,87H,6-8,10,12-14,16,18-20,22,24-26,28,30-32,34,36-38,40,42-44,46-47,49-51,53,55-86H2,1-5H3/b11-9-,17-15-,23-21-,29-27-,35-33-,41-39-,48-45-,54-52-. The number of phosphoric acid groups is 1. The summed E-state index contributed by atoms with van der Waals surface area (Å²) in [4.78, 5) is 38.2. The summed E-state index contributed by atoms with van der Waals surface area (Å²) >= 11 is 0. The summed E-state index contributed by atoms with van der Waals surface area (Å²) in [7, 11) is 1.17. The maximum absolute atomic E-state index is 12.9. The molecule has 0 N–H and O–H groups in total. The van der Waals surface area contributed by atoms with Crippen molar-refractivity contribution in [3.05, 3.63) is 97.2 Å². The Labute approximate surface area is 614 Å². The highest BCUT2D eigenvalue weighted by Gasteiger charge is 2.22. The first-order valence-corrected chi connectivity index (χ1v) is 43.9. The molecule has 2 unspecified atom stereocenters. The van der Waals surface area contributed by atoms with Gasteiger partial charge >= 0.3 is 11.9 Å². The molecule has 0 saturated heterocycles. The van der Waals surface area contributed by atoms with Crippen LogP contribution in [0.5, 0.6) is 0 Å². The van der Waals surface area contributed by atoms with Gasteiger partial charge in [-0.15, -0.1) is 0 Å². The molecule has 0 amide bonds.